The molecule has 1 unspecified atom stereocenters. The molecular formula is C10H15NO3S. The Balaban J connectivity index is 2.63. The molecule has 5 heteroatoms. The second kappa shape index (κ2) is 4.53. The Bertz CT molecular complexity index is 428. The fraction of sp³-hybridized carbons (Fsp3) is 0.400. The van der Waals surface area contributed by atoms with Crippen LogP contribution < -0.4 is 5.32 Å². The van der Waals surface area contributed by atoms with E-state index < -0.39 is 9.84 Å². The van der Waals surface area contributed by atoms with E-state index in [-0.39, 0.29) is 17.5 Å². The highest BCUT2D eigenvalue weighted by molar-refractivity contribution is 7.90. The Morgan fingerprint density at radius 1 is 1.47 bits per heavy atom. The lowest BCUT2D eigenvalue weighted by atomic mass is 10.2. The van der Waals surface area contributed by atoms with Gasteiger partial charge < -0.3 is 10.4 Å². The van der Waals surface area contributed by atoms with Crippen molar-refractivity contribution >= 4 is 15.5 Å². The first-order valence-corrected chi connectivity index (χ1v) is 6.66. The zero-order valence-corrected chi connectivity index (χ0v) is 9.58. The first-order chi connectivity index (χ1) is 6.87. The molecule has 84 valence electrons. The number of rotatable bonds is 4. The summed E-state index contributed by atoms with van der Waals surface area (Å²) in [6.07, 6.45) is 1.20. The van der Waals surface area contributed by atoms with Crippen LogP contribution in [0.5, 0.6) is 5.75 Å². The van der Waals surface area contributed by atoms with E-state index in [0.717, 1.165) is 0 Å². The zero-order valence-electron chi connectivity index (χ0n) is 8.77. The van der Waals surface area contributed by atoms with Crippen molar-refractivity contribution in [1.82, 2.24) is 0 Å². The van der Waals surface area contributed by atoms with E-state index >= 15 is 0 Å². The Labute approximate surface area is 89.9 Å². The standard InChI is InChI=1S/C10H15NO3S/c1-8(7-15(2,13)14)11-9-4-3-5-10(12)6-9/h3-6,8,11-12H,7H2,1-2H3. The highest BCUT2D eigenvalue weighted by atomic mass is 32.2. The largest absolute Gasteiger partial charge is 0.508 e. The third-order valence-electron chi connectivity index (χ3n) is 1.81. The molecule has 0 aliphatic carbocycles. The number of aromatic hydroxyl groups is 1. The lowest BCUT2D eigenvalue weighted by Crippen LogP contribution is -2.24. The number of phenols is 1. The molecule has 1 aromatic carbocycles. The molecule has 0 aliphatic heterocycles. The minimum Gasteiger partial charge on any atom is -0.508 e. The van der Waals surface area contributed by atoms with Gasteiger partial charge in [0, 0.05) is 24.1 Å². The number of phenolic OH excluding ortho intramolecular Hbond substituents is 1. The van der Waals surface area contributed by atoms with Gasteiger partial charge in [-0.2, -0.15) is 0 Å². The Morgan fingerprint density at radius 2 is 2.13 bits per heavy atom. The number of anilines is 1. The summed E-state index contributed by atoms with van der Waals surface area (Å²) < 4.78 is 22.0. The van der Waals surface area contributed by atoms with Crippen molar-refractivity contribution in [2.75, 3.05) is 17.3 Å². The van der Waals surface area contributed by atoms with Crippen LogP contribution in [0.15, 0.2) is 24.3 Å². The fourth-order valence-corrected chi connectivity index (χ4v) is 2.37. The molecule has 0 bridgehead atoms. The van der Waals surface area contributed by atoms with Crippen molar-refractivity contribution in [2.24, 2.45) is 0 Å². The highest BCUT2D eigenvalue weighted by Gasteiger charge is 2.09. The fourth-order valence-electron chi connectivity index (χ4n) is 1.38. The lowest BCUT2D eigenvalue weighted by molar-refractivity contribution is 0.475. The van der Waals surface area contributed by atoms with Gasteiger partial charge in [0.05, 0.1) is 5.75 Å². The minimum atomic E-state index is -2.98. The van der Waals surface area contributed by atoms with Crippen molar-refractivity contribution in [3.8, 4) is 5.75 Å². The van der Waals surface area contributed by atoms with Crippen molar-refractivity contribution in [2.45, 2.75) is 13.0 Å². The number of benzene rings is 1. The first-order valence-electron chi connectivity index (χ1n) is 4.60. The van der Waals surface area contributed by atoms with E-state index in [1.165, 1.54) is 6.26 Å². The molecule has 1 aromatic rings. The number of hydrogen-bond acceptors (Lipinski definition) is 4. The molecule has 0 radical (unpaired) electrons. The quantitative estimate of drug-likeness (QED) is 0.815. The molecule has 1 atom stereocenters. The summed E-state index contributed by atoms with van der Waals surface area (Å²) in [5.41, 5.74) is 0.714. The lowest BCUT2D eigenvalue weighted by Gasteiger charge is -2.14. The van der Waals surface area contributed by atoms with Gasteiger partial charge in [-0.25, -0.2) is 8.42 Å². The van der Waals surface area contributed by atoms with Gasteiger partial charge in [0.25, 0.3) is 0 Å². The molecule has 4 nitrogen and oxygen atoms in total. The first kappa shape index (κ1) is 11.8. The maximum Gasteiger partial charge on any atom is 0.149 e. The van der Waals surface area contributed by atoms with E-state index in [1.54, 1.807) is 31.2 Å². The van der Waals surface area contributed by atoms with Gasteiger partial charge in [-0.1, -0.05) is 6.07 Å². The van der Waals surface area contributed by atoms with E-state index in [9.17, 15) is 13.5 Å². The summed E-state index contributed by atoms with van der Waals surface area (Å²) in [5.74, 6) is 0.231. The Hall–Kier alpha value is -1.23. The molecule has 0 aromatic heterocycles. The van der Waals surface area contributed by atoms with Crippen LogP contribution in [0.4, 0.5) is 5.69 Å². The van der Waals surface area contributed by atoms with Gasteiger partial charge in [-0.3, -0.25) is 0 Å². The Morgan fingerprint density at radius 3 is 2.67 bits per heavy atom. The maximum absolute atomic E-state index is 11.0. The smallest absolute Gasteiger partial charge is 0.149 e. The van der Waals surface area contributed by atoms with Gasteiger partial charge in [0.15, 0.2) is 0 Å². The minimum absolute atomic E-state index is 0.0721. The average Bonchev–Trinajstić information content (AvgIpc) is 1.99. The molecule has 1 rings (SSSR count). The molecular weight excluding hydrogens is 214 g/mol. The Kier molecular flexibility index (Phi) is 3.57. The normalized spacial score (nSPS) is 13.5. The topological polar surface area (TPSA) is 66.4 Å². The van der Waals surface area contributed by atoms with Crippen molar-refractivity contribution in [1.29, 1.82) is 0 Å². The van der Waals surface area contributed by atoms with E-state index in [0.29, 0.717) is 5.69 Å². The SMILES string of the molecule is CC(CS(C)(=O)=O)Nc1cccc(O)c1. The monoisotopic (exact) mass is 229 g/mol. The van der Waals surface area contributed by atoms with Gasteiger partial charge in [-0.15, -0.1) is 0 Å². The van der Waals surface area contributed by atoms with Gasteiger partial charge in [0.2, 0.25) is 0 Å². The van der Waals surface area contributed by atoms with Crippen molar-refractivity contribution in [3.63, 3.8) is 0 Å². The van der Waals surface area contributed by atoms with Gasteiger partial charge in [-0.05, 0) is 19.1 Å². The summed E-state index contributed by atoms with van der Waals surface area (Å²) in [7, 11) is -2.98. The third kappa shape index (κ3) is 4.69. The van der Waals surface area contributed by atoms with Crippen LogP contribution in [0.25, 0.3) is 0 Å². The summed E-state index contributed by atoms with van der Waals surface area (Å²) >= 11 is 0. The van der Waals surface area contributed by atoms with Crippen LogP contribution >= 0.6 is 0 Å². The molecule has 2 N–H and O–H groups in total. The number of hydrogen-bond donors (Lipinski definition) is 2. The molecule has 15 heavy (non-hydrogen) atoms. The van der Waals surface area contributed by atoms with Crippen LogP contribution in [0.1, 0.15) is 6.92 Å². The molecule has 0 amide bonds. The number of nitrogens with one attached hydrogen (secondary N) is 1. The second-order valence-corrected chi connectivity index (χ2v) is 5.87. The van der Waals surface area contributed by atoms with Crippen LogP contribution in [-0.2, 0) is 9.84 Å². The number of sulfone groups is 1. The third-order valence-corrected chi connectivity index (χ3v) is 2.92. The van der Waals surface area contributed by atoms with Crippen molar-refractivity contribution in [3.05, 3.63) is 24.3 Å². The summed E-state index contributed by atoms with van der Waals surface area (Å²) in [4.78, 5) is 0. The average molecular weight is 229 g/mol. The van der Waals surface area contributed by atoms with Crippen LogP contribution in [-0.4, -0.2) is 31.6 Å². The summed E-state index contributed by atoms with van der Waals surface area (Å²) in [6, 6.07) is 6.41. The highest BCUT2D eigenvalue weighted by Crippen LogP contribution is 2.16. The predicted molar refractivity (Wildman–Crippen MR) is 60.9 cm³/mol. The molecule has 0 fully saturated rings. The summed E-state index contributed by atoms with van der Waals surface area (Å²) in [6.45, 7) is 1.78. The van der Waals surface area contributed by atoms with E-state index in [1.807, 2.05) is 0 Å². The van der Waals surface area contributed by atoms with Gasteiger partial charge in [0.1, 0.15) is 15.6 Å². The molecule has 0 spiro atoms. The molecule has 0 aliphatic rings. The van der Waals surface area contributed by atoms with Crippen molar-refractivity contribution < 1.29 is 13.5 Å². The van der Waals surface area contributed by atoms with Crippen LogP contribution in [0, 0.1) is 0 Å². The van der Waals surface area contributed by atoms with Crippen LogP contribution in [0.2, 0.25) is 0 Å². The van der Waals surface area contributed by atoms with E-state index in [2.05, 4.69) is 5.32 Å². The molecule has 0 saturated carbocycles. The van der Waals surface area contributed by atoms with E-state index in [4.69, 9.17) is 0 Å². The predicted octanol–water partition coefficient (Wildman–Crippen LogP) is 1.24. The van der Waals surface area contributed by atoms with Crippen LogP contribution in [0.3, 0.4) is 0 Å². The van der Waals surface area contributed by atoms with Gasteiger partial charge >= 0.3 is 0 Å². The molecule has 0 heterocycles. The maximum atomic E-state index is 11.0. The summed E-state index contributed by atoms with van der Waals surface area (Å²) in [5, 5.41) is 12.2. The molecule has 0 saturated heterocycles. The second-order valence-electron chi connectivity index (χ2n) is 3.69. The zero-order chi connectivity index (χ0) is 11.5.